The maximum Gasteiger partial charge on any atom is 0.362 e. The Morgan fingerprint density at radius 2 is 0.949 bits per heavy atom. The summed E-state index contributed by atoms with van der Waals surface area (Å²) in [6, 6.07) is -0.622. The van der Waals surface area contributed by atoms with Crippen molar-refractivity contribution in [2.75, 3.05) is 41.0 Å². The Labute approximate surface area is 361 Å². The summed E-state index contributed by atoms with van der Waals surface area (Å²) in [6.07, 6.45) is 52.3. The Bertz CT molecular complexity index is 1190. The van der Waals surface area contributed by atoms with E-state index in [9.17, 15) is 19.5 Å². The van der Waals surface area contributed by atoms with Gasteiger partial charge in [-0.15, -0.1) is 0 Å². The van der Waals surface area contributed by atoms with Gasteiger partial charge in [0.25, 0.3) is 0 Å². The Kier molecular flexibility index (Phi) is 39.2. The molecule has 0 fully saturated rings. The first-order chi connectivity index (χ1) is 28.6. The molecular weight excluding hydrogens is 739 g/mol. The molecule has 0 aromatic rings. The third-order valence-electron chi connectivity index (χ3n) is 10.1. The van der Waals surface area contributed by atoms with E-state index in [1.807, 2.05) is 21.1 Å². The second-order valence-electron chi connectivity index (χ2n) is 16.6. The molecule has 1 N–H and O–H groups in total. The van der Waals surface area contributed by atoms with Gasteiger partial charge in [-0.25, -0.2) is 4.79 Å². The summed E-state index contributed by atoms with van der Waals surface area (Å²) in [6.45, 7) is 4.58. The first-order valence-electron chi connectivity index (χ1n) is 23.5. The maximum atomic E-state index is 12.7. The second kappa shape index (κ2) is 41.5. The van der Waals surface area contributed by atoms with Gasteiger partial charge in [-0.2, -0.15) is 0 Å². The van der Waals surface area contributed by atoms with Crippen molar-refractivity contribution in [1.29, 1.82) is 0 Å². The van der Waals surface area contributed by atoms with Crippen molar-refractivity contribution in [2.45, 2.75) is 193 Å². The number of ether oxygens (including phenoxy) is 3. The largest absolute Gasteiger partial charge is 0.477 e. The molecular formula is C51H88NO7+. The van der Waals surface area contributed by atoms with Crippen LogP contribution in [0, 0.1) is 0 Å². The molecule has 59 heavy (non-hydrogen) atoms. The molecule has 0 saturated carbocycles. The number of unbranched alkanes of at least 4 members (excludes halogenated alkanes) is 15. The summed E-state index contributed by atoms with van der Waals surface area (Å²) >= 11 is 0. The molecule has 0 amide bonds. The molecule has 338 valence electrons. The molecule has 0 rings (SSSR count). The molecule has 2 unspecified atom stereocenters. The zero-order chi connectivity index (χ0) is 43.5. The number of rotatable bonds is 41. The highest BCUT2D eigenvalue weighted by Gasteiger charge is 2.31. The molecule has 0 aliphatic heterocycles. The summed E-state index contributed by atoms with van der Waals surface area (Å²) in [5.74, 6) is -1.51. The number of carboxylic acid groups (broad SMARTS) is 1. The van der Waals surface area contributed by atoms with Crippen LogP contribution < -0.4 is 0 Å². The van der Waals surface area contributed by atoms with Gasteiger partial charge in [0.05, 0.1) is 34.4 Å². The highest BCUT2D eigenvalue weighted by atomic mass is 16.6. The van der Waals surface area contributed by atoms with Crippen LogP contribution in [0.1, 0.15) is 181 Å². The lowest BCUT2D eigenvalue weighted by atomic mass is 10.0. The number of carbonyl (C=O) groups is 3. The highest BCUT2D eigenvalue weighted by Crippen LogP contribution is 2.14. The van der Waals surface area contributed by atoms with Gasteiger partial charge in [0.2, 0.25) is 0 Å². The normalized spacial score (nSPS) is 13.6. The molecule has 2 atom stereocenters. The molecule has 0 aromatic carbocycles. The van der Waals surface area contributed by atoms with Gasteiger partial charge in [0.15, 0.2) is 12.1 Å². The van der Waals surface area contributed by atoms with Crippen LogP contribution in [-0.4, -0.2) is 80.6 Å². The maximum absolute atomic E-state index is 12.7. The van der Waals surface area contributed by atoms with Crippen LogP contribution in [0.5, 0.6) is 0 Å². The number of aliphatic carboxylic acids is 1. The number of hydrogen-bond acceptors (Lipinski definition) is 6. The van der Waals surface area contributed by atoms with E-state index in [0.29, 0.717) is 19.3 Å². The van der Waals surface area contributed by atoms with Crippen molar-refractivity contribution in [1.82, 2.24) is 0 Å². The van der Waals surface area contributed by atoms with Crippen molar-refractivity contribution in [3.8, 4) is 0 Å². The molecule has 8 nitrogen and oxygen atoms in total. The third kappa shape index (κ3) is 40.0. The minimum atomic E-state index is -0.881. The van der Waals surface area contributed by atoms with Gasteiger partial charge in [-0.3, -0.25) is 9.59 Å². The second-order valence-corrected chi connectivity index (χ2v) is 16.6. The smallest absolute Gasteiger partial charge is 0.362 e. The lowest BCUT2D eigenvalue weighted by Gasteiger charge is -2.31. The zero-order valence-electron chi connectivity index (χ0n) is 38.4. The Morgan fingerprint density at radius 3 is 1.41 bits per heavy atom. The van der Waals surface area contributed by atoms with E-state index in [1.54, 1.807) is 0 Å². The molecule has 0 aliphatic carbocycles. The van der Waals surface area contributed by atoms with Crippen molar-refractivity contribution in [2.24, 2.45) is 0 Å². The van der Waals surface area contributed by atoms with Crippen molar-refractivity contribution < 1.29 is 38.2 Å². The van der Waals surface area contributed by atoms with Crippen LogP contribution in [0.3, 0.4) is 0 Å². The van der Waals surface area contributed by atoms with Crippen molar-refractivity contribution >= 4 is 17.9 Å². The average Bonchev–Trinajstić information content (AvgIpc) is 3.19. The van der Waals surface area contributed by atoms with Gasteiger partial charge < -0.3 is 23.8 Å². The van der Waals surface area contributed by atoms with Crippen LogP contribution in [-0.2, 0) is 28.6 Å². The van der Waals surface area contributed by atoms with E-state index >= 15 is 0 Å². The van der Waals surface area contributed by atoms with E-state index in [1.165, 1.54) is 64.2 Å². The summed E-state index contributed by atoms with van der Waals surface area (Å²) in [5.41, 5.74) is 0. The monoisotopic (exact) mass is 827 g/mol. The van der Waals surface area contributed by atoms with E-state index in [2.05, 4.69) is 86.8 Å². The molecule has 0 radical (unpaired) electrons. The number of carboxylic acids is 1. The number of carbonyl (C=O) groups excluding carboxylic acids is 2. The SMILES string of the molecule is CC/C=C/C/C=C/C/C=C/C/C=C/C/C=C/C/C=C/CCCCCC(=O)OCC(COCCC(C(=O)O)[N+](C)(C)C)OC(=O)CCCCCCCCCCCCCCC. The van der Waals surface area contributed by atoms with E-state index in [0.717, 1.165) is 83.5 Å². The van der Waals surface area contributed by atoms with E-state index in [-0.39, 0.29) is 36.2 Å². The number of nitrogens with zero attached hydrogens (tertiary/aromatic N) is 1. The van der Waals surface area contributed by atoms with Crippen LogP contribution >= 0.6 is 0 Å². The van der Waals surface area contributed by atoms with E-state index in [4.69, 9.17) is 14.2 Å². The van der Waals surface area contributed by atoms with Gasteiger partial charge >= 0.3 is 17.9 Å². The average molecular weight is 827 g/mol. The molecule has 0 spiro atoms. The Morgan fingerprint density at radius 1 is 0.525 bits per heavy atom. The molecule has 0 aliphatic rings. The Hall–Kier alpha value is -3.23. The van der Waals surface area contributed by atoms with Crippen molar-refractivity contribution in [3.05, 3.63) is 72.9 Å². The Balaban J connectivity index is 4.36. The molecule has 0 heterocycles. The predicted molar refractivity (Wildman–Crippen MR) is 247 cm³/mol. The van der Waals surface area contributed by atoms with Gasteiger partial charge in [-0.1, -0.05) is 170 Å². The summed E-state index contributed by atoms with van der Waals surface area (Å²) in [4.78, 5) is 37.0. The minimum Gasteiger partial charge on any atom is -0.477 e. The predicted octanol–water partition coefficient (Wildman–Crippen LogP) is 13.1. The summed E-state index contributed by atoms with van der Waals surface area (Å²) < 4.78 is 17.3. The quantitative estimate of drug-likeness (QED) is 0.0284. The van der Waals surface area contributed by atoms with Gasteiger partial charge in [0, 0.05) is 19.3 Å². The number of quaternary nitrogens is 1. The number of esters is 2. The highest BCUT2D eigenvalue weighted by molar-refractivity contribution is 5.72. The fraction of sp³-hybridized carbons (Fsp3) is 0.706. The minimum absolute atomic E-state index is 0.0487. The van der Waals surface area contributed by atoms with Crippen LogP contribution in [0.2, 0.25) is 0 Å². The lowest BCUT2D eigenvalue weighted by molar-refractivity contribution is -0.887. The van der Waals surface area contributed by atoms with Gasteiger partial charge in [-0.05, 0) is 64.2 Å². The lowest BCUT2D eigenvalue weighted by Crippen LogP contribution is -2.50. The first kappa shape index (κ1) is 55.8. The van der Waals surface area contributed by atoms with Crippen LogP contribution in [0.4, 0.5) is 0 Å². The number of allylic oxidation sites excluding steroid dienone is 12. The fourth-order valence-electron chi connectivity index (χ4n) is 6.51. The molecule has 0 bridgehead atoms. The van der Waals surface area contributed by atoms with Crippen LogP contribution in [0.15, 0.2) is 72.9 Å². The standard InChI is InChI=1S/C51H87NO7/c1-6-8-10-12-14-16-18-20-21-22-23-24-25-26-27-28-30-31-33-35-37-39-41-49(53)58-46-47(45-57-44-43-48(51(55)56)52(3,4)5)59-50(54)42-40-38-36-34-32-29-19-17-15-13-11-9-7-2/h8,10,14,16,20-21,23-24,26-27,30-31,47-48H,6-7,9,11-13,15,17-19,22,25,28-29,32-46H2,1-5H3/p+1/b10-8+,16-14+,21-20+,24-23+,27-26+,31-30+. The van der Waals surface area contributed by atoms with E-state index < -0.39 is 18.1 Å². The topological polar surface area (TPSA) is 99.1 Å². The summed E-state index contributed by atoms with van der Waals surface area (Å²) in [5, 5.41) is 9.63. The molecule has 0 saturated heterocycles. The molecule has 8 heteroatoms. The fourth-order valence-corrected chi connectivity index (χ4v) is 6.51. The van der Waals surface area contributed by atoms with Crippen molar-refractivity contribution in [3.63, 3.8) is 0 Å². The number of hydrogen-bond donors (Lipinski definition) is 1. The molecule has 0 aromatic heterocycles. The number of likely N-dealkylation sites (N-methyl/N-ethyl adjacent to an activating group) is 1. The van der Waals surface area contributed by atoms with Gasteiger partial charge in [0.1, 0.15) is 6.61 Å². The third-order valence-corrected chi connectivity index (χ3v) is 10.1. The first-order valence-corrected chi connectivity index (χ1v) is 23.5. The zero-order valence-corrected chi connectivity index (χ0v) is 38.4. The summed E-state index contributed by atoms with van der Waals surface area (Å²) in [7, 11) is 5.51. The van der Waals surface area contributed by atoms with Crippen LogP contribution in [0.25, 0.3) is 0 Å².